The summed E-state index contributed by atoms with van der Waals surface area (Å²) in [4.78, 5) is 2.23. The number of nitrogens with zero attached hydrogens (tertiary/aromatic N) is 4. The van der Waals surface area contributed by atoms with Crippen molar-refractivity contribution in [2.45, 2.75) is 31.3 Å². The number of para-hydroxylation sites is 1. The molecule has 0 bridgehead atoms. The molecule has 0 aliphatic carbocycles. The second kappa shape index (κ2) is 6.32. The molecule has 2 heterocycles. The normalized spacial score (nSPS) is 13.3. The van der Waals surface area contributed by atoms with E-state index in [-0.39, 0.29) is 0 Å². The van der Waals surface area contributed by atoms with Crippen molar-refractivity contribution in [2.24, 2.45) is 0 Å². The first-order chi connectivity index (χ1) is 11.7. The van der Waals surface area contributed by atoms with Crippen LogP contribution in [0.5, 0.6) is 0 Å². The summed E-state index contributed by atoms with van der Waals surface area (Å²) in [5.74, 6) is 1.88. The lowest BCUT2D eigenvalue weighted by atomic mass is 10.1. The lowest BCUT2D eigenvalue weighted by Crippen LogP contribution is -2.13. The van der Waals surface area contributed by atoms with Crippen LogP contribution in [0.4, 0.5) is 11.6 Å². The van der Waals surface area contributed by atoms with Crippen LogP contribution in [0.3, 0.4) is 0 Å². The minimum atomic E-state index is 0.928. The highest BCUT2D eigenvalue weighted by Gasteiger charge is 2.25. The van der Waals surface area contributed by atoms with Gasteiger partial charge in [0, 0.05) is 24.5 Å². The van der Waals surface area contributed by atoms with Gasteiger partial charge >= 0.3 is 0 Å². The van der Waals surface area contributed by atoms with Gasteiger partial charge in [0.05, 0.1) is 0 Å². The molecular formula is C19H20N4S. The van der Waals surface area contributed by atoms with Crippen LogP contribution in [0.15, 0.2) is 53.7 Å². The molecule has 1 aliphatic heterocycles. The molecule has 24 heavy (non-hydrogen) atoms. The first kappa shape index (κ1) is 15.3. The Morgan fingerprint density at radius 2 is 1.83 bits per heavy atom. The zero-order valence-corrected chi connectivity index (χ0v) is 14.8. The molecule has 0 radical (unpaired) electrons. The van der Waals surface area contributed by atoms with E-state index < -0.39 is 0 Å². The van der Waals surface area contributed by atoms with Crippen molar-refractivity contribution in [1.82, 2.24) is 14.8 Å². The van der Waals surface area contributed by atoms with Crippen LogP contribution >= 0.6 is 11.8 Å². The van der Waals surface area contributed by atoms with E-state index in [2.05, 4.69) is 76.0 Å². The van der Waals surface area contributed by atoms with Crippen molar-refractivity contribution in [3.63, 3.8) is 0 Å². The minimum Gasteiger partial charge on any atom is -0.309 e. The predicted octanol–water partition coefficient (Wildman–Crippen LogP) is 4.34. The van der Waals surface area contributed by atoms with Crippen LogP contribution < -0.4 is 4.90 Å². The summed E-state index contributed by atoms with van der Waals surface area (Å²) in [6, 6.07) is 17.0. The van der Waals surface area contributed by atoms with Gasteiger partial charge < -0.3 is 4.90 Å². The van der Waals surface area contributed by atoms with Crippen molar-refractivity contribution in [2.75, 3.05) is 11.4 Å². The number of aromatic nitrogens is 3. The Balaban J connectivity index is 1.54. The Morgan fingerprint density at radius 1 is 1.00 bits per heavy atom. The highest BCUT2D eigenvalue weighted by molar-refractivity contribution is 7.98. The number of hydrogen-bond donors (Lipinski definition) is 0. The van der Waals surface area contributed by atoms with Gasteiger partial charge in [-0.3, -0.25) is 4.57 Å². The van der Waals surface area contributed by atoms with E-state index in [9.17, 15) is 0 Å². The van der Waals surface area contributed by atoms with Gasteiger partial charge in [-0.15, -0.1) is 10.2 Å². The average molecular weight is 336 g/mol. The Bertz CT molecular complexity index is 857. The molecule has 1 aliphatic rings. The van der Waals surface area contributed by atoms with Crippen molar-refractivity contribution in [1.29, 1.82) is 0 Å². The largest absolute Gasteiger partial charge is 0.309 e. The topological polar surface area (TPSA) is 34.0 Å². The fraction of sp³-hybridized carbons (Fsp3) is 0.263. The number of fused-ring (bicyclic) bond motifs is 1. The molecule has 5 heteroatoms. The van der Waals surface area contributed by atoms with E-state index in [1.807, 2.05) is 6.07 Å². The summed E-state index contributed by atoms with van der Waals surface area (Å²) in [5.41, 5.74) is 5.18. The fourth-order valence-electron chi connectivity index (χ4n) is 3.03. The van der Waals surface area contributed by atoms with Crippen LogP contribution in [0.2, 0.25) is 0 Å². The highest BCUT2D eigenvalue weighted by Crippen LogP contribution is 2.33. The maximum Gasteiger partial charge on any atom is 0.232 e. The maximum atomic E-state index is 4.42. The Kier molecular flexibility index (Phi) is 4.02. The van der Waals surface area contributed by atoms with Crippen molar-refractivity contribution < 1.29 is 0 Å². The van der Waals surface area contributed by atoms with Crippen LogP contribution in [0.1, 0.15) is 16.7 Å². The van der Waals surface area contributed by atoms with Crippen molar-refractivity contribution >= 4 is 23.4 Å². The van der Waals surface area contributed by atoms with Gasteiger partial charge in [0.25, 0.3) is 0 Å². The molecule has 4 rings (SSSR count). The molecule has 0 spiro atoms. The summed E-state index contributed by atoms with van der Waals surface area (Å²) < 4.78 is 2.22. The quantitative estimate of drug-likeness (QED) is 0.664. The average Bonchev–Trinajstić information content (AvgIpc) is 3.19. The molecule has 0 N–H and O–H groups in total. The van der Waals surface area contributed by atoms with E-state index >= 15 is 0 Å². The molecule has 1 aromatic heterocycles. The summed E-state index contributed by atoms with van der Waals surface area (Å²) in [6.07, 6.45) is 0. The lowest BCUT2D eigenvalue weighted by Gasteiger charge is -2.14. The Labute approximate surface area is 146 Å². The number of thioether (sulfide) groups is 1. The number of benzene rings is 2. The monoisotopic (exact) mass is 336 g/mol. The molecule has 2 aromatic carbocycles. The van der Waals surface area contributed by atoms with E-state index in [4.69, 9.17) is 0 Å². The van der Waals surface area contributed by atoms with Gasteiger partial charge in [0.2, 0.25) is 5.95 Å². The third-order valence-corrected chi connectivity index (χ3v) is 5.43. The van der Waals surface area contributed by atoms with Gasteiger partial charge in [-0.2, -0.15) is 0 Å². The number of aryl methyl sites for hydroxylation is 2. The molecule has 0 unspecified atom stereocenters. The van der Waals surface area contributed by atoms with Crippen molar-refractivity contribution in [3.8, 4) is 0 Å². The maximum absolute atomic E-state index is 4.42. The lowest BCUT2D eigenvalue weighted by molar-refractivity contribution is 0.704. The second-order valence-electron chi connectivity index (χ2n) is 6.14. The summed E-state index contributed by atoms with van der Waals surface area (Å²) >= 11 is 1.77. The summed E-state index contributed by atoms with van der Waals surface area (Å²) in [7, 11) is 0. The van der Waals surface area contributed by atoms with Gasteiger partial charge in [0.15, 0.2) is 5.16 Å². The summed E-state index contributed by atoms with van der Waals surface area (Å²) in [5, 5.41) is 9.84. The van der Waals surface area contributed by atoms with E-state index in [0.29, 0.717) is 0 Å². The molecule has 4 nitrogen and oxygen atoms in total. The zero-order chi connectivity index (χ0) is 16.5. The molecule has 0 amide bonds. The summed E-state index contributed by atoms with van der Waals surface area (Å²) in [6.45, 7) is 6.19. The first-order valence-corrected chi connectivity index (χ1v) is 9.15. The second-order valence-corrected chi connectivity index (χ2v) is 7.08. The van der Waals surface area contributed by atoms with E-state index in [1.54, 1.807) is 11.8 Å². The van der Waals surface area contributed by atoms with Crippen LogP contribution in [-0.4, -0.2) is 21.3 Å². The van der Waals surface area contributed by atoms with Gasteiger partial charge in [0.1, 0.15) is 0 Å². The SMILES string of the molecule is Cc1ccc(C)c(CSc2nnc3n2CCN3c2ccccc2)c1. The van der Waals surface area contributed by atoms with Crippen LogP contribution in [0, 0.1) is 13.8 Å². The van der Waals surface area contributed by atoms with Gasteiger partial charge in [-0.25, -0.2) is 0 Å². The molecule has 0 atom stereocenters. The van der Waals surface area contributed by atoms with Gasteiger partial charge in [-0.05, 0) is 37.1 Å². The third kappa shape index (κ3) is 2.80. The number of anilines is 2. The first-order valence-electron chi connectivity index (χ1n) is 8.17. The number of hydrogen-bond acceptors (Lipinski definition) is 4. The van der Waals surface area contributed by atoms with Crippen molar-refractivity contribution in [3.05, 3.63) is 65.2 Å². The number of rotatable bonds is 4. The van der Waals surface area contributed by atoms with E-state index in [1.165, 1.54) is 22.4 Å². The minimum absolute atomic E-state index is 0.928. The Hall–Kier alpha value is -2.27. The predicted molar refractivity (Wildman–Crippen MR) is 98.9 cm³/mol. The standard InChI is InChI=1S/C19H20N4S/c1-14-8-9-15(2)16(12-14)13-24-19-21-20-18-22(10-11-23(18)19)17-6-4-3-5-7-17/h3-9,12H,10-11,13H2,1-2H3. The molecule has 122 valence electrons. The Morgan fingerprint density at radius 3 is 2.67 bits per heavy atom. The fourth-order valence-corrected chi connectivity index (χ4v) is 4.06. The van der Waals surface area contributed by atoms with Crippen LogP contribution in [-0.2, 0) is 12.3 Å². The van der Waals surface area contributed by atoms with E-state index in [0.717, 1.165) is 29.9 Å². The molecule has 0 saturated carbocycles. The third-order valence-electron chi connectivity index (χ3n) is 4.42. The smallest absolute Gasteiger partial charge is 0.232 e. The zero-order valence-electron chi connectivity index (χ0n) is 13.9. The molecule has 0 saturated heterocycles. The molecular weight excluding hydrogens is 316 g/mol. The van der Waals surface area contributed by atoms with Crippen LogP contribution in [0.25, 0.3) is 0 Å². The highest BCUT2D eigenvalue weighted by atomic mass is 32.2. The van der Waals surface area contributed by atoms with Gasteiger partial charge in [-0.1, -0.05) is 53.7 Å². The molecule has 3 aromatic rings. The molecule has 0 fully saturated rings.